The number of imidazole rings is 1. The van der Waals surface area contributed by atoms with Gasteiger partial charge in [0.1, 0.15) is 5.82 Å². The number of halogens is 3. The van der Waals surface area contributed by atoms with Crippen molar-refractivity contribution in [2.75, 3.05) is 13.1 Å². The molecule has 1 aromatic rings. The molecule has 1 aliphatic heterocycles. The molecule has 1 aromatic heterocycles. The number of nitrogens with one attached hydrogen (secondary N) is 1. The van der Waals surface area contributed by atoms with Crippen LogP contribution in [0.25, 0.3) is 0 Å². The Bertz CT molecular complexity index is 321. The summed E-state index contributed by atoms with van der Waals surface area (Å²) in [5.41, 5.74) is 0. The molecule has 0 aromatic carbocycles. The van der Waals surface area contributed by atoms with Gasteiger partial charge in [0.25, 0.3) is 0 Å². The van der Waals surface area contributed by atoms with Gasteiger partial charge in [-0.25, -0.2) is 4.98 Å². The second kappa shape index (κ2) is 4.45. The highest BCUT2D eigenvalue weighted by Gasteiger charge is 2.36. The summed E-state index contributed by atoms with van der Waals surface area (Å²) >= 11 is 0. The zero-order valence-corrected chi connectivity index (χ0v) is 8.80. The SMILES string of the molecule is FC(F)(F)CN1CCCCC1c1ncc[nH]1. The van der Waals surface area contributed by atoms with Gasteiger partial charge in [-0.05, 0) is 19.4 Å². The molecule has 2 heterocycles. The Morgan fingerprint density at radius 2 is 2.25 bits per heavy atom. The maximum Gasteiger partial charge on any atom is 0.401 e. The van der Waals surface area contributed by atoms with Crippen LogP contribution in [-0.4, -0.2) is 34.1 Å². The maximum absolute atomic E-state index is 12.4. The minimum Gasteiger partial charge on any atom is -0.347 e. The number of hydrogen-bond acceptors (Lipinski definition) is 2. The van der Waals surface area contributed by atoms with E-state index in [0.29, 0.717) is 12.4 Å². The van der Waals surface area contributed by atoms with Gasteiger partial charge in [-0.15, -0.1) is 0 Å². The molecule has 0 amide bonds. The molecule has 2 rings (SSSR count). The number of piperidine rings is 1. The number of H-pyrrole nitrogens is 1. The van der Waals surface area contributed by atoms with E-state index >= 15 is 0 Å². The quantitative estimate of drug-likeness (QED) is 0.851. The summed E-state index contributed by atoms with van der Waals surface area (Å²) in [6.45, 7) is -0.358. The largest absolute Gasteiger partial charge is 0.401 e. The summed E-state index contributed by atoms with van der Waals surface area (Å²) in [7, 11) is 0. The first-order chi connectivity index (χ1) is 7.56. The lowest BCUT2D eigenvalue weighted by Crippen LogP contribution is -2.40. The van der Waals surface area contributed by atoms with Crippen LogP contribution in [0.1, 0.15) is 31.1 Å². The van der Waals surface area contributed by atoms with Crippen molar-refractivity contribution < 1.29 is 13.2 Å². The number of nitrogens with zero attached hydrogens (tertiary/aromatic N) is 2. The van der Waals surface area contributed by atoms with Crippen molar-refractivity contribution in [3.05, 3.63) is 18.2 Å². The van der Waals surface area contributed by atoms with E-state index in [1.165, 1.54) is 4.90 Å². The van der Waals surface area contributed by atoms with Gasteiger partial charge < -0.3 is 4.98 Å². The van der Waals surface area contributed by atoms with E-state index in [1.54, 1.807) is 12.4 Å². The molecule has 3 nitrogen and oxygen atoms in total. The molecule has 90 valence electrons. The topological polar surface area (TPSA) is 31.9 Å². The highest BCUT2D eigenvalue weighted by molar-refractivity contribution is 4.98. The predicted molar refractivity (Wildman–Crippen MR) is 52.8 cm³/mol. The normalized spacial score (nSPS) is 23.6. The molecule has 1 atom stereocenters. The number of aromatic nitrogens is 2. The summed E-state index contributed by atoms with van der Waals surface area (Å²) in [6.07, 6.45) is 1.62. The molecule has 0 spiro atoms. The first-order valence-electron chi connectivity index (χ1n) is 5.36. The Labute approximate surface area is 91.7 Å². The summed E-state index contributed by atoms with van der Waals surface area (Å²) < 4.78 is 37.1. The molecule has 1 fully saturated rings. The Kier molecular flexibility index (Phi) is 3.18. The van der Waals surface area contributed by atoms with Crippen LogP contribution >= 0.6 is 0 Å². The third-order valence-electron chi connectivity index (χ3n) is 2.83. The van der Waals surface area contributed by atoms with E-state index in [2.05, 4.69) is 9.97 Å². The summed E-state index contributed by atoms with van der Waals surface area (Å²) in [6, 6.07) is -0.217. The molecule has 1 unspecified atom stereocenters. The molecule has 0 bridgehead atoms. The lowest BCUT2D eigenvalue weighted by molar-refractivity contribution is -0.154. The van der Waals surface area contributed by atoms with Gasteiger partial charge in [-0.3, -0.25) is 4.90 Å². The smallest absolute Gasteiger partial charge is 0.347 e. The average molecular weight is 233 g/mol. The van der Waals surface area contributed by atoms with Crippen LogP contribution in [0.5, 0.6) is 0 Å². The third-order valence-corrected chi connectivity index (χ3v) is 2.83. The summed E-state index contributed by atoms with van der Waals surface area (Å²) in [4.78, 5) is 8.42. The van der Waals surface area contributed by atoms with E-state index in [0.717, 1.165) is 19.3 Å². The average Bonchev–Trinajstić information content (AvgIpc) is 2.69. The van der Waals surface area contributed by atoms with Crippen LogP contribution in [0.2, 0.25) is 0 Å². The standard InChI is InChI=1S/C10H14F3N3/c11-10(12,13)7-16-6-2-1-3-8(16)9-14-4-5-15-9/h4-5,8H,1-3,6-7H2,(H,14,15). The van der Waals surface area contributed by atoms with Gasteiger partial charge in [0.15, 0.2) is 0 Å². The highest BCUT2D eigenvalue weighted by atomic mass is 19.4. The van der Waals surface area contributed by atoms with Crippen LogP contribution in [0, 0.1) is 0 Å². The lowest BCUT2D eigenvalue weighted by atomic mass is 10.0. The zero-order valence-electron chi connectivity index (χ0n) is 8.80. The van der Waals surface area contributed by atoms with Gasteiger partial charge in [0.2, 0.25) is 0 Å². The molecule has 1 N–H and O–H groups in total. The summed E-state index contributed by atoms with van der Waals surface area (Å²) in [5, 5.41) is 0. The van der Waals surface area contributed by atoms with E-state index in [9.17, 15) is 13.2 Å². The lowest BCUT2D eigenvalue weighted by Gasteiger charge is -2.34. The molecule has 1 aliphatic rings. The zero-order chi connectivity index (χ0) is 11.6. The molecule has 0 aliphatic carbocycles. The first-order valence-corrected chi connectivity index (χ1v) is 5.36. The minimum atomic E-state index is -4.14. The Hall–Kier alpha value is -1.04. The van der Waals surface area contributed by atoms with E-state index in [-0.39, 0.29) is 6.04 Å². The number of hydrogen-bond donors (Lipinski definition) is 1. The van der Waals surface area contributed by atoms with E-state index in [4.69, 9.17) is 0 Å². The second-order valence-corrected chi connectivity index (χ2v) is 4.07. The van der Waals surface area contributed by atoms with Gasteiger partial charge in [0.05, 0.1) is 12.6 Å². The van der Waals surface area contributed by atoms with Crippen LogP contribution in [-0.2, 0) is 0 Å². The van der Waals surface area contributed by atoms with Crippen molar-refractivity contribution in [2.24, 2.45) is 0 Å². The number of aromatic amines is 1. The van der Waals surface area contributed by atoms with Gasteiger partial charge in [0, 0.05) is 12.4 Å². The molecule has 0 saturated carbocycles. The highest BCUT2D eigenvalue weighted by Crippen LogP contribution is 2.31. The van der Waals surface area contributed by atoms with Crippen molar-refractivity contribution in [3.8, 4) is 0 Å². The fraction of sp³-hybridized carbons (Fsp3) is 0.700. The Morgan fingerprint density at radius 1 is 1.44 bits per heavy atom. The van der Waals surface area contributed by atoms with Crippen molar-refractivity contribution in [1.82, 2.24) is 14.9 Å². The predicted octanol–water partition coefficient (Wildman–Crippen LogP) is 2.50. The van der Waals surface area contributed by atoms with Gasteiger partial charge in [-0.1, -0.05) is 6.42 Å². The monoisotopic (exact) mass is 233 g/mol. The molecule has 16 heavy (non-hydrogen) atoms. The van der Waals surface area contributed by atoms with Crippen molar-refractivity contribution in [1.29, 1.82) is 0 Å². The maximum atomic E-state index is 12.4. The molecule has 1 saturated heterocycles. The van der Waals surface area contributed by atoms with Crippen molar-refractivity contribution in [2.45, 2.75) is 31.5 Å². The number of likely N-dealkylation sites (tertiary alicyclic amines) is 1. The fourth-order valence-corrected chi connectivity index (χ4v) is 2.18. The van der Waals surface area contributed by atoms with E-state index in [1.807, 2.05) is 0 Å². The third kappa shape index (κ3) is 2.75. The van der Waals surface area contributed by atoms with E-state index < -0.39 is 12.7 Å². The first kappa shape index (κ1) is 11.4. The number of alkyl halides is 3. The number of rotatable bonds is 2. The van der Waals surface area contributed by atoms with Crippen LogP contribution in [0.3, 0.4) is 0 Å². The summed E-state index contributed by atoms with van der Waals surface area (Å²) in [5.74, 6) is 0.643. The van der Waals surface area contributed by atoms with Crippen LogP contribution in [0.4, 0.5) is 13.2 Å². The molecular weight excluding hydrogens is 219 g/mol. The Balaban J connectivity index is 2.08. The second-order valence-electron chi connectivity index (χ2n) is 4.07. The van der Waals surface area contributed by atoms with Gasteiger partial charge >= 0.3 is 6.18 Å². The van der Waals surface area contributed by atoms with Crippen molar-refractivity contribution >= 4 is 0 Å². The van der Waals surface area contributed by atoms with Crippen LogP contribution in [0.15, 0.2) is 12.4 Å². The molecule has 0 radical (unpaired) electrons. The molecular formula is C10H14F3N3. The minimum absolute atomic E-state index is 0.217. The fourth-order valence-electron chi connectivity index (χ4n) is 2.18. The van der Waals surface area contributed by atoms with Crippen molar-refractivity contribution in [3.63, 3.8) is 0 Å². The molecule has 6 heteroatoms. The Morgan fingerprint density at radius 3 is 2.88 bits per heavy atom. The van der Waals surface area contributed by atoms with Crippen LogP contribution < -0.4 is 0 Å². The van der Waals surface area contributed by atoms with Gasteiger partial charge in [-0.2, -0.15) is 13.2 Å².